The number of anilines is 2. The summed E-state index contributed by atoms with van der Waals surface area (Å²) in [5, 5.41) is 5.94. The molecular formula is C24H22N4OS2. The highest BCUT2D eigenvalue weighted by molar-refractivity contribution is 7.99. The number of nitrogens with zero attached hydrogens (tertiary/aromatic N) is 3. The van der Waals surface area contributed by atoms with Gasteiger partial charge in [-0.1, -0.05) is 43.0 Å². The molecule has 0 radical (unpaired) electrons. The number of aromatic nitrogens is 3. The van der Waals surface area contributed by atoms with Crippen molar-refractivity contribution in [1.29, 1.82) is 0 Å². The summed E-state index contributed by atoms with van der Waals surface area (Å²) in [5.41, 5.74) is 2.23. The Morgan fingerprint density at radius 2 is 1.97 bits per heavy atom. The third-order valence-corrected chi connectivity index (χ3v) is 6.16. The number of hydrogen-bond donors (Lipinski definition) is 1. The Labute approximate surface area is 190 Å². The summed E-state index contributed by atoms with van der Waals surface area (Å²) in [6.45, 7) is 4.16. The predicted octanol–water partition coefficient (Wildman–Crippen LogP) is 7.22. The molecule has 0 unspecified atom stereocenters. The second-order valence-corrected chi connectivity index (χ2v) is 8.53. The Balaban J connectivity index is 1.67. The summed E-state index contributed by atoms with van der Waals surface area (Å²) >= 11 is 3.18. The molecule has 0 amide bonds. The minimum absolute atomic E-state index is 0.628. The monoisotopic (exact) mass is 446 g/mol. The lowest BCUT2D eigenvalue weighted by Crippen LogP contribution is -1.98. The number of thiazole rings is 1. The topological polar surface area (TPSA) is 59.9 Å². The van der Waals surface area contributed by atoms with Crippen molar-refractivity contribution >= 4 is 40.1 Å². The molecule has 7 heteroatoms. The number of benzene rings is 1. The predicted molar refractivity (Wildman–Crippen MR) is 129 cm³/mol. The van der Waals surface area contributed by atoms with Gasteiger partial charge in [-0.25, -0.2) is 9.97 Å². The van der Waals surface area contributed by atoms with Crippen LogP contribution in [0.5, 0.6) is 11.5 Å². The van der Waals surface area contributed by atoms with Crippen molar-refractivity contribution in [2.45, 2.75) is 30.1 Å². The van der Waals surface area contributed by atoms with E-state index in [4.69, 9.17) is 4.74 Å². The second-order valence-electron chi connectivity index (χ2n) is 6.52. The van der Waals surface area contributed by atoms with Gasteiger partial charge in [-0.3, -0.25) is 4.98 Å². The molecule has 0 atom stereocenters. The van der Waals surface area contributed by atoms with Gasteiger partial charge in [0.25, 0.3) is 0 Å². The summed E-state index contributed by atoms with van der Waals surface area (Å²) in [6, 6.07) is 13.8. The van der Waals surface area contributed by atoms with Gasteiger partial charge in [0.15, 0.2) is 16.7 Å². The maximum Gasteiger partial charge on any atom is 0.188 e. The molecule has 0 saturated heterocycles. The van der Waals surface area contributed by atoms with Crippen LogP contribution < -0.4 is 10.1 Å². The van der Waals surface area contributed by atoms with E-state index in [0.29, 0.717) is 11.6 Å². The van der Waals surface area contributed by atoms with E-state index < -0.39 is 0 Å². The van der Waals surface area contributed by atoms with Crippen LogP contribution in [-0.2, 0) is 6.42 Å². The van der Waals surface area contributed by atoms with E-state index in [0.717, 1.165) is 27.9 Å². The molecule has 0 aliphatic heterocycles. The van der Waals surface area contributed by atoms with Crippen LogP contribution in [0.25, 0.3) is 6.08 Å². The molecule has 0 spiro atoms. The fraction of sp³-hybridized carbons (Fsp3) is 0.125. The smallest absolute Gasteiger partial charge is 0.188 e. The Kier molecular flexibility index (Phi) is 6.96. The van der Waals surface area contributed by atoms with Gasteiger partial charge in [0.2, 0.25) is 0 Å². The minimum Gasteiger partial charge on any atom is -0.453 e. The molecule has 3 heterocycles. The molecule has 1 N–H and O–H groups in total. The quantitative estimate of drug-likeness (QED) is 0.308. The van der Waals surface area contributed by atoms with E-state index >= 15 is 0 Å². The van der Waals surface area contributed by atoms with E-state index in [-0.39, 0.29) is 0 Å². The molecule has 3 aromatic heterocycles. The van der Waals surface area contributed by atoms with E-state index in [1.807, 2.05) is 73.2 Å². The summed E-state index contributed by atoms with van der Waals surface area (Å²) < 4.78 is 6.17. The summed E-state index contributed by atoms with van der Waals surface area (Å²) in [4.78, 5) is 15.6. The summed E-state index contributed by atoms with van der Waals surface area (Å²) in [5.74, 6) is 2.03. The highest BCUT2D eigenvalue weighted by Gasteiger charge is 2.13. The van der Waals surface area contributed by atoms with E-state index in [1.54, 1.807) is 18.0 Å². The van der Waals surface area contributed by atoms with E-state index in [2.05, 4.69) is 33.3 Å². The van der Waals surface area contributed by atoms with Gasteiger partial charge in [0.05, 0.1) is 5.69 Å². The maximum absolute atomic E-state index is 6.17. The Bertz CT molecular complexity index is 1160. The average Bonchev–Trinajstić information content (AvgIpc) is 3.30. The van der Waals surface area contributed by atoms with Crippen LogP contribution in [0.15, 0.2) is 82.3 Å². The molecule has 5 nitrogen and oxygen atoms in total. The van der Waals surface area contributed by atoms with Gasteiger partial charge in [-0.15, -0.1) is 11.3 Å². The molecule has 0 aliphatic rings. The molecule has 156 valence electrons. The molecule has 0 fully saturated rings. The Morgan fingerprint density at radius 1 is 1.10 bits per heavy atom. The highest BCUT2D eigenvalue weighted by Crippen LogP contribution is 2.38. The van der Waals surface area contributed by atoms with Crippen LogP contribution in [-0.4, -0.2) is 15.0 Å². The highest BCUT2D eigenvalue weighted by atomic mass is 32.2. The fourth-order valence-corrected chi connectivity index (χ4v) is 4.58. The lowest BCUT2D eigenvalue weighted by molar-refractivity contribution is 0.481. The van der Waals surface area contributed by atoms with Crippen LogP contribution in [0.4, 0.5) is 10.9 Å². The summed E-state index contributed by atoms with van der Waals surface area (Å²) in [6.07, 6.45) is 10.4. The first-order valence-corrected chi connectivity index (χ1v) is 11.6. The van der Waals surface area contributed by atoms with Crippen LogP contribution in [0.3, 0.4) is 0 Å². The first-order valence-electron chi connectivity index (χ1n) is 9.94. The first kappa shape index (κ1) is 21.1. The molecule has 1 aromatic carbocycles. The third-order valence-electron chi connectivity index (χ3n) is 4.41. The van der Waals surface area contributed by atoms with Crippen LogP contribution in [0.1, 0.15) is 25.1 Å². The van der Waals surface area contributed by atoms with Gasteiger partial charge >= 0.3 is 0 Å². The molecule has 4 rings (SSSR count). The van der Waals surface area contributed by atoms with Crippen molar-refractivity contribution in [3.8, 4) is 11.5 Å². The average molecular weight is 447 g/mol. The minimum atomic E-state index is 0.628. The first-order chi connectivity index (χ1) is 15.3. The van der Waals surface area contributed by atoms with Crippen molar-refractivity contribution in [3.05, 3.63) is 83.8 Å². The van der Waals surface area contributed by atoms with Crippen molar-refractivity contribution in [1.82, 2.24) is 15.0 Å². The van der Waals surface area contributed by atoms with Gasteiger partial charge < -0.3 is 10.1 Å². The standard InChI is InChI=1S/C24H22N4OS2/c1-3-8-20-19(4-2)22(11-12-25-20)31-18-15-21(29-17-9-6-5-7-10-17)23(27-16-18)28-24-26-13-14-30-24/h3,5-16H,4H2,1-2H3,(H,26,27,28)/b8-3-. The normalized spacial score (nSPS) is 11.0. The zero-order valence-electron chi connectivity index (χ0n) is 17.3. The number of ether oxygens (including phenoxy) is 1. The van der Waals surface area contributed by atoms with Crippen LogP contribution in [0, 0.1) is 0 Å². The number of pyridine rings is 2. The van der Waals surface area contributed by atoms with Crippen LogP contribution in [0.2, 0.25) is 0 Å². The molecule has 31 heavy (non-hydrogen) atoms. The lowest BCUT2D eigenvalue weighted by atomic mass is 10.1. The SMILES string of the molecule is C/C=C\c1nccc(Sc2cnc(Nc3nccs3)c(Oc3ccccc3)c2)c1CC. The van der Waals surface area contributed by atoms with Crippen molar-refractivity contribution in [2.24, 2.45) is 0 Å². The van der Waals surface area contributed by atoms with E-state index in [9.17, 15) is 0 Å². The number of allylic oxidation sites excluding steroid dienone is 1. The number of hydrogen-bond acceptors (Lipinski definition) is 7. The fourth-order valence-electron chi connectivity index (χ4n) is 3.03. The summed E-state index contributed by atoms with van der Waals surface area (Å²) in [7, 11) is 0. The number of nitrogens with one attached hydrogen (secondary N) is 1. The van der Waals surface area contributed by atoms with Crippen molar-refractivity contribution < 1.29 is 4.74 Å². The lowest BCUT2D eigenvalue weighted by Gasteiger charge is -2.14. The van der Waals surface area contributed by atoms with Gasteiger partial charge in [-0.2, -0.15) is 0 Å². The zero-order valence-corrected chi connectivity index (χ0v) is 18.9. The van der Waals surface area contributed by atoms with Gasteiger partial charge in [0.1, 0.15) is 5.75 Å². The maximum atomic E-state index is 6.17. The number of para-hydroxylation sites is 1. The molecular weight excluding hydrogens is 424 g/mol. The largest absolute Gasteiger partial charge is 0.453 e. The molecule has 0 saturated carbocycles. The molecule has 0 bridgehead atoms. The van der Waals surface area contributed by atoms with Crippen LogP contribution >= 0.6 is 23.1 Å². The zero-order chi connectivity index (χ0) is 21.5. The molecule has 4 aromatic rings. The molecule has 0 aliphatic carbocycles. The Morgan fingerprint density at radius 3 is 2.71 bits per heavy atom. The van der Waals surface area contributed by atoms with E-state index in [1.165, 1.54) is 21.8 Å². The van der Waals surface area contributed by atoms with Gasteiger partial charge in [-0.05, 0) is 43.2 Å². The third kappa shape index (κ3) is 5.31. The van der Waals surface area contributed by atoms with Crippen molar-refractivity contribution in [2.75, 3.05) is 5.32 Å². The van der Waals surface area contributed by atoms with Gasteiger partial charge in [0, 0.05) is 39.8 Å². The second kappa shape index (κ2) is 10.2. The Hall–Kier alpha value is -3.16. The van der Waals surface area contributed by atoms with Crippen molar-refractivity contribution in [3.63, 3.8) is 0 Å². The number of rotatable bonds is 8.